The van der Waals surface area contributed by atoms with Crippen molar-refractivity contribution < 1.29 is 18.8 Å². The van der Waals surface area contributed by atoms with Crippen LogP contribution in [0.4, 0.5) is 10.5 Å². The van der Waals surface area contributed by atoms with Crippen molar-refractivity contribution in [2.75, 3.05) is 5.32 Å². The molecular formula is C17H14N4O4. The van der Waals surface area contributed by atoms with Crippen molar-refractivity contribution in [2.24, 2.45) is 5.73 Å². The Labute approximate surface area is 142 Å². The molecule has 1 heterocycles. The van der Waals surface area contributed by atoms with E-state index in [9.17, 15) is 9.59 Å². The van der Waals surface area contributed by atoms with Crippen LogP contribution in [0.3, 0.4) is 0 Å². The molecule has 8 nitrogen and oxygen atoms in total. The van der Waals surface area contributed by atoms with Crippen LogP contribution < -0.4 is 11.1 Å². The van der Waals surface area contributed by atoms with Crippen molar-refractivity contribution in [1.29, 1.82) is 0 Å². The highest BCUT2D eigenvalue weighted by atomic mass is 16.6. The van der Waals surface area contributed by atoms with Gasteiger partial charge in [0.15, 0.2) is 6.61 Å². The number of nitrogens with two attached hydrogens (primary N) is 1. The van der Waals surface area contributed by atoms with Crippen LogP contribution in [-0.2, 0) is 11.3 Å². The molecule has 3 aromatic rings. The largest absolute Gasteiger partial charge is 0.452 e. The van der Waals surface area contributed by atoms with Crippen molar-refractivity contribution in [3.8, 4) is 11.4 Å². The number of esters is 1. The minimum Gasteiger partial charge on any atom is -0.452 e. The molecule has 2 aromatic carbocycles. The third-order valence-electron chi connectivity index (χ3n) is 3.21. The Morgan fingerprint density at radius 2 is 1.80 bits per heavy atom. The second-order valence-electron chi connectivity index (χ2n) is 5.02. The predicted molar refractivity (Wildman–Crippen MR) is 88.5 cm³/mol. The van der Waals surface area contributed by atoms with Gasteiger partial charge >= 0.3 is 12.0 Å². The monoisotopic (exact) mass is 338 g/mol. The Kier molecular flexibility index (Phi) is 4.70. The van der Waals surface area contributed by atoms with Crippen molar-refractivity contribution in [2.45, 2.75) is 6.61 Å². The lowest BCUT2D eigenvalue weighted by Crippen LogP contribution is -2.19. The number of nitrogens with one attached hydrogen (secondary N) is 1. The number of hydrogen-bond acceptors (Lipinski definition) is 6. The van der Waals surface area contributed by atoms with Gasteiger partial charge in [-0.2, -0.15) is 4.98 Å². The third kappa shape index (κ3) is 4.20. The first-order valence-corrected chi connectivity index (χ1v) is 7.33. The maximum Gasteiger partial charge on any atom is 0.338 e. The fourth-order valence-corrected chi connectivity index (χ4v) is 2.06. The molecule has 0 atom stereocenters. The Bertz CT molecular complexity index is 875. The molecule has 25 heavy (non-hydrogen) atoms. The minimum atomic E-state index is -0.680. The highest BCUT2D eigenvalue weighted by Gasteiger charge is 2.12. The second-order valence-corrected chi connectivity index (χ2v) is 5.02. The summed E-state index contributed by atoms with van der Waals surface area (Å²) in [4.78, 5) is 26.9. The Hall–Kier alpha value is -3.68. The van der Waals surface area contributed by atoms with Crippen LogP contribution in [0.15, 0.2) is 59.1 Å². The van der Waals surface area contributed by atoms with Crippen molar-refractivity contribution >= 4 is 17.7 Å². The average Bonchev–Trinajstić information content (AvgIpc) is 3.10. The molecule has 0 radical (unpaired) electrons. The zero-order valence-electron chi connectivity index (χ0n) is 13.0. The van der Waals surface area contributed by atoms with Crippen molar-refractivity contribution in [3.05, 3.63) is 66.1 Å². The van der Waals surface area contributed by atoms with E-state index in [1.165, 1.54) is 12.1 Å². The number of carbonyl (C=O) groups is 2. The summed E-state index contributed by atoms with van der Waals surface area (Å²) in [6.45, 7) is -0.139. The second kappa shape index (κ2) is 7.26. The molecule has 0 aliphatic carbocycles. The normalized spacial score (nSPS) is 10.2. The molecule has 0 saturated heterocycles. The molecule has 126 valence electrons. The fourth-order valence-electron chi connectivity index (χ4n) is 2.06. The maximum atomic E-state index is 12.0. The number of hydrogen-bond donors (Lipinski definition) is 2. The molecular weight excluding hydrogens is 324 g/mol. The van der Waals surface area contributed by atoms with Gasteiger partial charge in [0.25, 0.3) is 5.89 Å². The van der Waals surface area contributed by atoms with Crippen molar-refractivity contribution in [3.63, 3.8) is 0 Å². The summed E-state index contributed by atoms with van der Waals surface area (Å²) in [6.07, 6.45) is 0. The number of nitrogens with zero attached hydrogens (tertiary/aromatic N) is 2. The number of primary amides is 1. The van der Waals surface area contributed by atoms with Gasteiger partial charge in [-0.3, -0.25) is 0 Å². The fraction of sp³-hybridized carbons (Fsp3) is 0.0588. The molecule has 3 N–H and O–H groups in total. The van der Waals surface area contributed by atoms with Crippen LogP contribution in [0.25, 0.3) is 11.4 Å². The van der Waals surface area contributed by atoms with E-state index in [1.807, 2.05) is 30.3 Å². The molecule has 0 fully saturated rings. The van der Waals surface area contributed by atoms with Gasteiger partial charge in [0.2, 0.25) is 5.82 Å². The summed E-state index contributed by atoms with van der Waals surface area (Å²) in [6, 6.07) is 14.7. The molecule has 0 bridgehead atoms. The first-order chi connectivity index (χ1) is 12.1. The lowest BCUT2D eigenvalue weighted by Gasteiger charge is -2.04. The van der Waals surface area contributed by atoms with Gasteiger partial charge in [0.05, 0.1) is 5.56 Å². The highest BCUT2D eigenvalue weighted by molar-refractivity contribution is 5.91. The molecule has 2 amide bonds. The van der Waals surface area contributed by atoms with Crippen LogP contribution in [0, 0.1) is 0 Å². The summed E-state index contributed by atoms with van der Waals surface area (Å²) < 4.78 is 10.2. The SMILES string of the molecule is NC(=O)Nc1ccc(C(=O)OCc2nc(-c3ccccc3)no2)cc1. The molecule has 0 spiro atoms. The number of ether oxygens (including phenoxy) is 1. The first-order valence-electron chi connectivity index (χ1n) is 7.33. The molecule has 0 aliphatic rings. The van der Waals surface area contributed by atoms with E-state index in [0.29, 0.717) is 17.1 Å². The number of benzene rings is 2. The van der Waals surface area contributed by atoms with Crippen LogP contribution in [0.2, 0.25) is 0 Å². The number of amides is 2. The lowest BCUT2D eigenvalue weighted by molar-refractivity contribution is 0.0430. The van der Waals surface area contributed by atoms with E-state index < -0.39 is 12.0 Å². The molecule has 0 aliphatic heterocycles. The minimum absolute atomic E-state index is 0.139. The number of aromatic nitrogens is 2. The van der Waals surface area contributed by atoms with E-state index in [4.69, 9.17) is 15.0 Å². The van der Waals surface area contributed by atoms with E-state index in [-0.39, 0.29) is 12.5 Å². The third-order valence-corrected chi connectivity index (χ3v) is 3.21. The predicted octanol–water partition coefficient (Wildman–Crippen LogP) is 2.58. The van der Waals surface area contributed by atoms with Gasteiger partial charge in [0, 0.05) is 11.3 Å². The van der Waals surface area contributed by atoms with Crippen molar-refractivity contribution in [1.82, 2.24) is 10.1 Å². The van der Waals surface area contributed by atoms with Gasteiger partial charge in [0.1, 0.15) is 0 Å². The summed E-state index contributed by atoms with van der Waals surface area (Å²) in [5.74, 6) is 0.0674. The van der Waals surface area contributed by atoms with E-state index in [2.05, 4.69) is 15.5 Å². The van der Waals surface area contributed by atoms with Gasteiger partial charge < -0.3 is 20.3 Å². The molecule has 0 saturated carbocycles. The smallest absolute Gasteiger partial charge is 0.338 e. The Balaban J connectivity index is 1.59. The first kappa shape index (κ1) is 16.2. The summed E-state index contributed by atoms with van der Waals surface area (Å²) in [5, 5.41) is 6.25. The maximum absolute atomic E-state index is 12.0. The standard InChI is InChI=1S/C17H14N4O4/c18-17(23)19-13-8-6-12(7-9-13)16(22)24-10-14-20-15(21-25-14)11-4-2-1-3-5-11/h1-9H,10H2,(H3,18,19,23). The van der Waals surface area contributed by atoms with Crippen LogP contribution in [0.1, 0.15) is 16.2 Å². The van der Waals surface area contributed by atoms with E-state index >= 15 is 0 Å². The quantitative estimate of drug-likeness (QED) is 0.690. The highest BCUT2D eigenvalue weighted by Crippen LogP contribution is 2.16. The number of urea groups is 1. The molecule has 3 rings (SSSR count). The van der Waals surface area contributed by atoms with Gasteiger partial charge in [-0.15, -0.1) is 0 Å². The van der Waals surface area contributed by atoms with E-state index in [1.54, 1.807) is 12.1 Å². The van der Waals surface area contributed by atoms with Gasteiger partial charge in [-0.25, -0.2) is 9.59 Å². The van der Waals surface area contributed by atoms with Crippen LogP contribution in [0.5, 0.6) is 0 Å². The van der Waals surface area contributed by atoms with Crippen LogP contribution >= 0.6 is 0 Å². The molecule has 8 heteroatoms. The number of anilines is 1. The van der Waals surface area contributed by atoms with Gasteiger partial charge in [-0.05, 0) is 24.3 Å². The summed E-state index contributed by atoms with van der Waals surface area (Å²) in [5.41, 5.74) is 6.62. The molecule has 0 unspecified atom stereocenters. The van der Waals surface area contributed by atoms with E-state index in [0.717, 1.165) is 5.56 Å². The lowest BCUT2D eigenvalue weighted by atomic mass is 10.2. The zero-order valence-corrected chi connectivity index (χ0v) is 13.0. The Morgan fingerprint density at radius 3 is 2.48 bits per heavy atom. The van der Waals surface area contributed by atoms with Crippen LogP contribution in [-0.4, -0.2) is 22.1 Å². The molecule has 1 aromatic heterocycles. The summed E-state index contributed by atoms with van der Waals surface area (Å²) in [7, 11) is 0. The number of rotatable bonds is 5. The zero-order chi connectivity index (χ0) is 17.6. The Morgan fingerprint density at radius 1 is 1.08 bits per heavy atom. The average molecular weight is 338 g/mol. The van der Waals surface area contributed by atoms with Gasteiger partial charge in [-0.1, -0.05) is 35.5 Å². The topological polar surface area (TPSA) is 120 Å². The number of carbonyl (C=O) groups excluding carboxylic acids is 2. The summed E-state index contributed by atoms with van der Waals surface area (Å²) >= 11 is 0.